The summed E-state index contributed by atoms with van der Waals surface area (Å²) in [5, 5.41) is 21.1. The minimum Gasteiger partial charge on any atom is -0.494 e. The lowest BCUT2D eigenvalue weighted by molar-refractivity contribution is -0.421. The molecule has 0 fully saturated rings. The Hall–Kier alpha value is -1.52. The van der Waals surface area contributed by atoms with E-state index in [4.69, 9.17) is 5.11 Å². The molecule has 0 aromatic rings. The highest BCUT2D eigenvalue weighted by Gasteiger charge is 2.12. The van der Waals surface area contributed by atoms with Gasteiger partial charge in [0, 0.05) is 12.6 Å². The number of allylic oxidation sites excluding steroid dienone is 1. The first kappa shape index (κ1) is 6.60. The summed E-state index contributed by atoms with van der Waals surface area (Å²) in [5.74, 6) is -0.283. The van der Waals surface area contributed by atoms with E-state index in [1.807, 2.05) is 0 Å². The third kappa shape index (κ3) is 1.25. The summed E-state index contributed by atoms with van der Waals surface area (Å²) >= 11 is 0. The number of rotatable bonds is 1. The molecule has 0 bridgehead atoms. The lowest BCUT2D eigenvalue weighted by Gasteiger charge is -2.03. The van der Waals surface area contributed by atoms with Crippen molar-refractivity contribution in [3.63, 3.8) is 0 Å². The Morgan fingerprint density at radius 2 is 2.60 bits per heavy atom. The van der Waals surface area contributed by atoms with Gasteiger partial charge in [0.15, 0.2) is 5.88 Å². The Balaban J connectivity index is 2.79. The van der Waals surface area contributed by atoms with Gasteiger partial charge in [-0.2, -0.15) is 0 Å². The molecule has 2 N–H and O–H groups in total. The number of dihydropyridines is 1. The van der Waals surface area contributed by atoms with E-state index in [2.05, 4.69) is 11.4 Å². The molecule has 0 spiro atoms. The summed E-state index contributed by atoms with van der Waals surface area (Å²) in [7, 11) is 0. The highest BCUT2D eigenvalue weighted by atomic mass is 16.6. The summed E-state index contributed by atoms with van der Waals surface area (Å²) in [6.07, 6.45) is 3.47. The van der Waals surface area contributed by atoms with Gasteiger partial charge in [-0.15, -0.1) is 0 Å². The minimum atomic E-state index is -0.600. The Morgan fingerprint density at radius 3 is 3.00 bits per heavy atom. The predicted octanol–water partition coefficient (Wildman–Crippen LogP) is -0.0472. The summed E-state index contributed by atoms with van der Waals surface area (Å²) in [6.45, 7) is 0.273. The molecule has 0 saturated heterocycles. The Labute approximate surface area is 56.8 Å². The molecule has 5 nitrogen and oxygen atoms in total. The standard InChI is InChI=1S/C5H5N2O3/c8-5-3-4(7(9)10)1-2-6-5/h1,6,8H,2H2. The first-order valence-electron chi connectivity index (χ1n) is 2.61. The van der Waals surface area contributed by atoms with Crippen molar-refractivity contribution in [2.75, 3.05) is 6.54 Å². The zero-order chi connectivity index (χ0) is 7.56. The van der Waals surface area contributed by atoms with Crippen LogP contribution < -0.4 is 5.32 Å². The molecule has 1 aliphatic heterocycles. The maximum absolute atomic E-state index is 10.0. The second-order valence-electron chi connectivity index (χ2n) is 1.70. The molecule has 0 amide bonds. The molecule has 0 aromatic carbocycles. The van der Waals surface area contributed by atoms with Crippen LogP contribution in [0.5, 0.6) is 0 Å². The quantitative estimate of drug-likeness (QED) is 0.396. The smallest absolute Gasteiger partial charge is 0.280 e. The van der Waals surface area contributed by atoms with Crippen molar-refractivity contribution in [1.29, 1.82) is 0 Å². The van der Waals surface area contributed by atoms with Crippen molar-refractivity contribution < 1.29 is 10.0 Å². The monoisotopic (exact) mass is 141 g/mol. The van der Waals surface area contributed by atoms with Gasteiger partial charge >= 0.3 is 0 Å². The number of nitrogens with zero attached hydrogens (tertiary/aromatic N) is 1. The van der Waals surface area contributed by atoms with Gasteiger partial charge in [0.25, 0.3) is 5.70 Å². The van der Waals surface area contributed by atoms with Crippen molar-refractivity contribution in [3.05, 3.63) is 33.8 Å². The Kier molecular flexibility index (Phi) is 1.57. The van der Waals surface area contributed by atoms with Crippen LogP contribution in [-0.2, 0) is 0 Å². The fraction of sp³-hybridized carbons (Fsp3) is 0.200. The maximum atomic E-state index is 10.0. The molecular weight excluding hydrogens is 136 g/mol. The van der Waals surface area contributed by atoms with E-state index in [1.54, 1.807) is 0 Å². The number of hydrogen-bond donors (Lipinski definition) is 2. The first-order valence-corrected chi connectivity index (χ1v) is 2.61. The average molecular weight is 141 g/mol. The van der Waals surface area contributed by atoms with E-state index >= 15 is 0 Å². The molecule has 0 aliphatic carbocycles. The van der Waals surface area contributed by atoms with E-state index in [1.165, 1.54) is 6.08 Å². The van der Waals surface area contributed by atoms with Gasteiger partial charge in [0.2, 0.25) is 0 Å². The van der Waals surface area contributed by atoms with Crippen LogP contribution in [0.4, 0.5) is 0 Å². The zero-order valence-corrected chi connectivity index (χ0v) is 5.00. The molecule has 53 valence electrons. The van der Waals surface area contributed by atoms with Crippen LogP contribution in [-0.4, -0.2) is 16.6 Å². The van der Waals surface area contributed by atoms with Gasteiger partial charge in [-0.3, -0.25) is 10.1 Å². The average Bonchev–Trinajstić information content (AvgIpc) is 1.88. The van der Waals surface area contributed by atoms with Crippen LogP contribution in [0.2, 0.25) is 0 Å². The molecule has 0 saturated carbocycles. The molecule has 10 heavy (non-hydrogen) atoms. The molecule has 0 unspecified atom stereocenters. The molecule has 0 atom stereocenters. The van der Waals surface area contributed by atoms with Crippen LogP contribution in [0.15, 0.2) is 17.7 Å². The third-order valence-corrected chi connectivity index (χ3v) is 1.01. The van der Waals surface area contributed by atoms with Crippen LogP contribution >= 0.6 is 0 Å². The van der Waals surface area contributed by atoms with Gasteiger partial charge < -0.3 is 10.4 Å². The van der Waals surface area contributed by atoms with Gasteiger partial charge in [0.1, 0.15) is 6.08 Å². The van der Waals surface area contributed by atoms with E-state index in [0.717, 1.165) is 0 Å². The summed E-state index contributed by atoms with van der Waals surface area (Å²) in [5.41, 5.74) is -0.198. The highest BCUT2D eigenvalue weighted by molar-refractivity contribution is 5.11. The van der Waals surface area contributed by atoms with Crippen LogP contribution in [0.25, 0.3) is 0 Å². The van der Waals surface area contributed by atoms with Gasteiger partial charge in [0.05, 0.1) is 4.92 Å². The molecule has 1 heterocycles. The normalized spacial score (nSPS) is 16.8. The Morgan fingerprint density at radius 1 is 1.90 bits per heavy atom. The van der Waals surface area contributed by atoms with Crippen molar-refractivity contribution in [2.24, 2.45) is 0 Å². The topological polar surface area (TPSA) is 75.4 Å². The summed E-state index contributed by atoms with van der Waals surface area (Å²) in [4.78, 5) is 9.42. The van der Waals surface area contributed by atoms with Gasteiger partial charge in [-0.25, -0.2) is 0 Å². The molecule has 1 rings (SSSR count). The van der Waals surface area contributed by atoms with Crippen molar-refractivity contribution in [2.45, 2.75) is 0 Å². The van der Waals surface area contributed by atoms with Crippen molar-refractivity contribution >= 4 is 0 Å². The van der Waals surface area contributed by atoms with E-state index < -0.39 is 4.92 Å². The number of nitrogens with one attached hydrogen (secondary N) is 1. The van der Waals surface area contributed by atoms with E-state index in [9.17, 15) is 10.1 Å². The van der Waals surface area contributed by atoms with Crippen LogP contribution in [0, 0.1) is 16.2 Å². The van der Waals surface area contributed by atoms with Gasteiger partial charge in [-0.05, 0) is 0 Å². The minimum absolute atomic E-state index is 0.198. The molecule has 1 radical (unpaired) electrons. The lowest BCUT2D eigenvalue weighted by atomic mass is 10.3. The number of hydrogen-bond acceptors (Lipinski definition) is 4. The largest absolute Gasteiger partial charge is 0.494 e. The number of aliphatic hydroxyl groups is 1. The van der Waals surface area contributed by atoms with Crippen LogP contribution in [0.1, 0.15) is 0 Å². The fourth-order valence-corrected chi connectivity index (χ4v) is 0.581. The number of aliphatic hydroxyl groups excluding tert-OH is 1. The first-order chi connectivity index (χ1) is 4.70. The SMILES string of the molecule is O=[N+]([O-])C1=CCNC(O)=[C]1. The lowest BCUT2D eigenvalue weighted by Crippen LogP contribution is -2.19. The molecular formula is C5H5N2O3. The molecule has 5 heteroatoms. The number of nitro groups is 1. The summed E-state index contributed by atoms with van der Waals surface area (Å²) < 4.78 is 0. The van der Waals surface area contributed by atoms with Crippen molar-refractivity contribution in [1.82, 2.24) is 5.32 Å². The second-order valence-corrected chi connectivity index (χ2v) is 1.70. The van der Waals surface area contributed by atoms with E-state index in [-0.39, 0.29) is 18.1 Å². The zero-order valence-electron chi connectivity index (χ0n) is 5.00. The second kappa shape index (κ2) is 2.38. The fourth-order valence-electron chi connectivity index (χ4n) is 0.581. The molecule has 0 aromatic heterocycles. The highest BCUT2D eigenvalue weighted by Crippen LogP contribution is 2.01. The van der Waals surface area contributed by atoms with Crippen molar-refractivity contribution in [3.8, 4) is 0 Å². The Bertz CT molecular complexity index is 219. The third-order valence-electron chi connectivity index (χ3n) is 1.01. The van der Waals surface area contributed by atoms with Gasteiger partial charge in [-0.1, -0.05) is 0 Å². The van der Waals surface area contributed by atoms with Crippen LogP contribution in [0.3, 0.4) is 0 Å². The van der Waals surface area contributed by atoms with E-state index in [0.29, 0.717) is 0 Å². The summed E-state index contributed by atoms with van der Waals surface area (Å²) in [6, 6.07) is 0. The molecule has 1 aliphatic rings. The predicted molar refractivity (Wildman–Crippen MR) is 32.5 cm³/mol. The maximum Gasteiger partial charge on any atom is 0.280 e.